The number of nitrogens with one attached hydrogen (secondary N) is 1. The third kappa shape index (κ3) is 5.75. The molecule has 0 fully saturated rings. The van der Waals surface area contributed by atoms with Crippen molar-refractivity contribution in [3.8, 4) is 0 Å². The minimum absolute atomic E-state index is 0.0378. The van der Waals surface area contributed by atoms with E-state index in [1.807, 2.05) is 6.07 Å². The number of carbonyl (C=O) groups excluding carboxylic acids is 2. The average molecular weight is 356 g/mol. The highest BCUT2D eigenvalue weighted by Gasteiger charge is 2.17. The molecule has 1 amide bonds. The fourth-order valence-corrected chi connectivity index (χ4v) is 3.12. The quantitative estimate of drug-likeness (QED) is 0.855. The third-order valence-electron chi connectivity index (χ3n) is 3.94. The zero-order valence-corrected chi connectivity index (χ0v) is 16.0. The second-order valence-corrected chi connectivity index (χ2v) is 8.10. The van der Waals surface area contributed by atoms with Crippen molar-refractivity contribution in [1.29, 1.82) is 0 Å². The lowest BCUT2D eigenvalue weighted by atomic mass is 9.87. The summed E-state index contributed by atoms with van der Waals surface area (Å²) in [5.41, 5.74) is 3.06. The van der Waals surface area contributed by atoms with E-state index in [9.17, 15) is 9.59 Å². The first-order valence-electron chi connectivity index (χ1n) is 8.39. The Labute approximate surface area is 154 Å². The molecule has 0 bridgehead atoms. The molecule has 3 nitrogen and oxygen atoms in total. The van der Waals surface area contributed by atoms with E-state index in [2.05, 4.69) is 50.4 Å². The van der Waals surface area contributed by atoms with Gasteiger partial charge in [0.25, 0.3) is 5.91 Å². The van der Waals surface area contributed by atoms with Gasteiger partial charge >= 0.3 is 0 Å². The first-order valence-corrected chi connectivity index (χ1v) is 9.38. The molecule has 0 spiro atoms. The van der Waals surface area contributed by atoms with E-state index in [0.29, 0.717) is 11.3 Å². The number of hydrogen-bond acceptors (Lipinski definition) is 3. The maximum atomic E-state index is 12.3. The van der Waals surface area contributed by atoms with E-state index in [0.717, 1.165) is 5.56 Å². The fraction of sp³-hybridized carbons (Fsp3) is 0.333. The van der Waals surface area contributed by atoms with Gasteiger partial charge in [0, 0.05) is 11.3 Å². The van der Waals surface area contributed by atoms with Gasteiger partial charge in [-0.15, -0.1) is 0 Å². The Morgan fingerprint density at radius 2 is 1.60 bits per heavy atom. The summed E-state index contributed by atoms with van der Waals surface area (Å²) in [6, 6.07) is 16.8. The number of amides is 1. The van der Waals surface area contributed by atoms with Gasteiger partial charge in [-0.05, 0) is 35.6 Å². The van der Waals surface area contributed by atoms with E-state index in [-0.39, 0.29) is 16.4 Å². The smallest absolute Gasteiger partial charge is 0.251 e. The van der Waals surface area contributed by atoms with Gasteiger partial charge in [-0.1, -0.05) is 75.0 Å². The monoisotopic (exact) mass is 355 g/mol. The van der Waals surface area contributed by atoms with Crippen LogP contribution in [0.5, 0.6) is 0 Å². The van der Waals surface area contributed by atoms with Crippen LogP contribution in [0.3, 0.4) is 0 Å². The normalized spacial score (nSPS) is 12.5. The van der Waals surface area contributed by atoms with Crippen molar-refractivity contribution in [3.63, 3.8) is 0 Å². The van der Waals surface area contributed by atoms with Crippen LogP contribution in [-0.4, -0.2) is 17.1 Å². The summed E-state index contributed by atoms with van der Waals surface area (Å²) in [6.07, 6.45) is 0. The topological polar surface area (TPSA) is 46.2 Å². The highest BCUT2D eigenvalue weighted by atomic mass is 32.2. The Morgan fingerprint density at radius 1 is 1.00 bits per heavy atom. The molecule has 0 aromatic heterocycles. The van der Waals surface area contributed by atoms with Gasteiger partial charge in [-0.2, -0.15) is 0 Å². The maximum Gasteiger partial charge on any atom is 0.251 e. The SMILES string of the molecule is CC(NC(=O)c1ccccc1)C(=O)SCc1ccc(C(C)(C)C)cc1. The second-order valence-electron chi connectivity index (χ2n) is 7.12. The van der Waals surface area contributed by atoms with Crippen LogP contribution in [-0.2, 0) is 16.0 Å². The molecule has 2 rings (SSSR count). The van der Waals surface area contributed by atoms with Crippen molar-refractivity contribution in [3.05, 3.63) is 71.3 Å². The summed E-state index contributed by atoms with van der Waals surface area (Å²) in [5.74, 6) is 0.381. The van der Waals surface area contributed by atoms with Crippen molar-refractivity contribution in [2.75, 3.05) is 0 Å². The third-order valence-corrected chi connectivity index (χ3v) is 5.05. The number of carbonyl (C=O) groups is 2. The van der Waals surface area contributed by atoms with E-state index in [1.165, 1.54) is 17.3 Å². The van der Waals surface area contributed by atoms with Crippen LogP contribution in [0.2, 0.25) is 0 Å². The van der Waals surface area contributed by atoms with Crippen LogP contribution >= 0.6 is 11.8 Å². The second kappa shape index (κ2) is 8.34. The minimum Gasteiger partial charge on any atom is -0.342 e. The molecule has 0 aliphatic carbocycles. The summed E-state index contributed by atoms with van der Waals surface area (Å²) >= 11 is 1.23. The van der Waals surface area contributed by atoms with Gasteiger partial charge in [-0.25, -0.2) is 0 Å². The van der Waals surface area contributed by atoms with E-state index in [1.54, 1.807) is 31.2 Å². The molecule has 132 valence electrons. The van der Waals surface area contributed by atoms with E-state index < -0.39 is 6.04 Å². The Hall–Kier alpha value is -2.07. The van der Waals surface area contributed by atoms with Gasteiger partial charge in [0.15, 0.2) is 0 Å². The molecule has 1 atom stereocenters. The van der Waals surface area contributed by atoms with Crippen LogP contribution < -0.4 is 5.32 Å². The number of thioether (sulfide) groups is 1. The van der Waals surface area contributed by atoms with Crippen LogP contribution in [0.4, 0.5) is 0 Å². The van der Waals surface area contributed by atoms with Crippen molar-refractivity contribution in [2.45, 2.75) is 44.9 Å². The minimum atomic E-state index is -0.522. The van der Waals surface area contributed by atoms with Crippen molar-refractivity contribution < 1.29 is 9.59 Å². The molecule has 0 saturated carbocycles. The summed E-state index contributed by atoms with van der Waals surface area (Å²) in [7, 11) is 0. The van der Waals surface area contributed by atoms with Gasteiger partial charge in [0.1, 0.15) is 0 Å². The molecule has 2 aromatic carbocycles. The molecular formula is C21H25NO2S. The van der Waals surface area contributed by atoms with Crippen molar-refractivity contribution in [2.24, 2.45) is 0 Å². The number of hydrogen-bond donors (Lipinski definition) is 1. The summed E-state index contributed by atoms with van der Waals surface area (Å²) in [5, 5.41) is 2.71. The summed E-state index contributed by atoms with van der Waals surface area (Å²) < 4.78 is 0. The lowest BCUT2D eigenvalue weighted by Crippen LogP contribution is -2.37. The Kier molecular flexibility index (Phi) is 6.43. The predicted molar refractivity (Wildman–Crippen MR) is 105 cm³/mol. The first-order chi connectivity index (χ1) is 11.8. The van der Waals surface area contributed by atoms with Crippen LogP contribution in [0.1, 0.15) is 49.2 Å². The lowest BCUT2D eigenvalue weighted by molar-refractivity contribution is -0.112. The molecule has 4 heteroatoms. The molecule has 0 aliphatic heterocycles. The molecule has 2 aromatic rings. The molecule has 0 radical (unpaired) electrons. The summed E-state index contributed by atoms with van der Waals surface area (Å²) in [4.78, 5) is 24.4. The lowest BCUT2D eigenvalue weighted by Gasteiger charge is -2.19. The molecular weight excluding hydrogens is 330 g/mol. The van der Waals surface area contributed by atoms with E-state index in [4.69, 9.17) is 0 Å². The fourth-order valence-electron chi connectivity index (χ4n) is 2.31. The van der Waals surface area contributed by atoms with Gasteiger partial charge in [0.2, 0.25) is 5.12 Å². The van der Waals surface area contributed by atoms with Gasteiger partial charge in [0.05, 0.1) is 6.04 Å². The molecule has 0 saturated heterocycles. The average Bonchev–Trinajstić information content (AvgIpc) is 2.60. The Balaban J connectivity index is 1.86. The highest BCUT2D eigenvalue weighted by Crippen LogP contribution is 2.23. The standard InChI is InChI=1S/C21H25NO2S/c1-15(22-19(23)17-8-6-5-7-9-17)20(24)25-14-16-10-12-18(13-11-16)21(2,3)4/h5-13,15H,14H2,1-4H3,(H,22,23). The molecule has 25 heavy (non-hydrogen) atoms. The molecule has 1 N–H and O–H groups in total. The Morgan fingerprint density at radius 3 is 2.16 bits per heavy atom. The van der Waals surface area contributed by atoms with Crippen molar-refractivity contribution >= 4 is 22.8 Å². The van der Waals surface area contributed by atoms with Gasteiger partial charge in [-0.3, -0.25) is 9.59 Å². The Bertz CT molecular complexity index is 718. The van der Waals surface area contributed by atoms with Crippen LogP contribution in [0.15, 0.2) is 54.6 Å². The van der Waals surface area contributed by atoms with Crippen molar-refractivity contribution in [1.82, 2.24) is 5.32 Å². The predicted octanol–water partition coefficient (Wildman–Crippen LogP) is 4.56. The molecule has 0 aliphatic rings. The number of benzene rings is 2. The van der Waals surface area contributed by atoms with Crippen LogP contribution in [0, 0.1) is 0 Å². The zero-order chi connectivity index (χ0) is 18.4. The first kappa shape index (κ1) is 19.3. The largest absolute Gasteiger partial charge is 0.342 e. The maximum absolute atomic E-state index is 12.3. The summed E-state index contributed by atoms with van der Waals surface area (Å²) in [6.45, 7) is 8.25. The van der Waals surface area contributed by atoms with E-state index >= 15 is 0 Å². The van der Waals surface area contributed by atoms with Crippen LogP contribution in [0.25, 0.3) is 0 Å². The highest BCUT2D eigenvalue weighted by molar-refractivity contribution is 8.13. The number of rotatable bonds is 5. The zero-order valence-electron chi connectivity index (χ0n) is 15.2. The molecule has 1 unspecified atom stereocenters. The van der Waals surface area contributed by atoms with Gasteiger partial charge < -0.3 is 5.32 Å². The molecule has 0 heterocycles.